The van der Waals surface area contributed by atoms with Crippen molar-refractivity contribution < 1.29 is 10.2 Å². The number of pyridine rings is 1. The van der Waals surface area contributed by atoms with Gasteiger partial charge in [-0.15, -0.1) is 0 Å². The van der Waals surface area contributed by atoms with Crippen molar-refractivity contribution in [2.75, 3.05) is 0 Å². The van der Waals surface area contributed by atoms with Crippen LogP contribution in [0.1, 0.15) is 11.3 Å². The van der Waals surface area contributed by atoms with Crippen LogP contribution in [-0.2, 0) is 13.2 Å². The molecular weight excluding hydrogens is 130 g/mol. The first-order valence-corrected chi connectivity index (χ1v) is 3.02. The molecule has 0 aromatic carbocycles. The molecule has 54 valence electrons. The molecule has 0 unspecified atom stereocenters. The zero-order valence-electron chi connectivity index (χ0n) is 5.49. The van der Waals surface area contributed by atoms with Crippen molar-refractivity contribution >= 4 is 0 Å². The Morgan fingerprint density at radius 2 is 2.00 bits per heavy atom. The summed E-state index contributed by atoms with van der Waals surface area (Å²) >= 11 is 0. The van der Waals surface area contributed by atoms with Crippen LogP contribution in [0.2, 0.25) is 0 Å². The Hall–Kier alpha value is -0.930. The lowest BCUT2D eigenvalue weighted by molar-refractivity contribution is 0.273. The highest BCUT2D eigenvalue weighted by atomic mass is 16.3. The zero-order valence-corrected chi connectivity index (χ0v) is 5.49. The van der Waals surface area contributed by atoms with Gasteiger partial charge in [0.25, 0.3) is 0 Å². The molecule has 0 radical (unpaired) electrons. The lowest BCUT2D eigenvalue weighted by Gasteiger charge is -1.95. The minimum Gasteiger partial charge on any atom is -0.392 e. The molecule has 0 aliphatic heterocycles. The van der Waals surface area contributed by atoms with Gasteiger partial charge in [0.15, 0.2) is 0 Å². The quantitative estimate of drug-likeness (QED) is 0.609. The van der Waals surface area contributed by atoms with Crippen LogP contribution in [0.15, 0.2) is 18.3 Å². The Morgan fingerprint density at radius 3 is 2.40 bits per heavy atom. The zero-order chi connectivity index (χ0) is 7.40. The second-order valence-electron chi connectivity index (χ2n) is 1.97. The number of rotatable bonds is 2. The van der Waals surface area contributed by atoms with E-state index in [2.05, 4.69) is 4.98 Å². The molecule has 0 saturated heterocycles. The summed E-state index contributed by atoms with van der Waals surface area (Å²) in [6.07, 6.45) is 1.55. The molecule has 1 rings (SSSR count). The maximum Gasteiger partial charge on any atom is 0.0852 e. The van der Waals surface area contributed by atoms with Gasteiger partial charge in [0, 0.05) is 6.20 Å². The third-order valence-corrected chi connectivity index (χ3v) is 1.23. The Labute approximate surface area is 59.0 Å². The van der Waals surface area contributed by atoms with E-state index in [1.165, 1.54) is 0 Å². The largest absolute Gasteiger partial charge is 0.392 e. The molecule has 1 aromatic heterocycles. The molecule has 1 heterocycles. The average Bonchev–Trinajstić information content (AvgIpc) is 2.05. The SMILES string of the molecule is OCc1ccc(CO)nc1. The van der Waals surface area contributed by atoms with E-state index >= 15 is 0 Å². The Bertz CT molecular complexity index is 172. The summed E-state index contributed by atoms with van der Waals surface area (Å²) in [6.45, 7) is -0.0512. The molecule has 2 N–H and O–H groups in total. The maximum atomic E-state index is 8.60. The molecule has 0 fully saturated rings. The molecule has 0 bridgehead atoms. The van der Waals surface area contributed by atoms with Crippen molar-refractivity contribution in [1.82, 2.24) is 4.98 Å². The molecule has 0 aliphatic carbocycles. The molecule has 10 heavy (non-hydrogen) atoms. The normalized spacial score (nSPS) is 9.80. The Morgan fingerprint density at radius 1 is 1.20 bits per heavy atom. The van der Waals surface area contributed by atoms with Gasteiger partial charge in [-0.3, -0.25) is 4.98 Å². The minimum absolute atomic E-state index is 0.00128. The highest BCUT2D eigenvalue weighted by Gasteiger charge is 1.91. The summed E-state index contributed by atoms with van der Waals surface area (Å²) in [4.78, 5) is 3.86. The third-order valence-electron chi connectivity index (χ3n) is 1.23. The van der Waals surface area contributed by atoms with E-state index in [4.69, 9.17) is 10.2 Å². The van der Waals surface area contributed by atoms with E-state index in [1.54, 1.807) is 18.3 Å². The average molecular weight is 139 g/mol. The van der Waals surface area contributed by atoms with Gasteiger partial charge in [0.05, 0.1) is 18.9 Å². The summed E-state index contributed by atoms with van der Waals surface area (Å²) < 4.78 is 0. The monoisotopic (exact) mass is 139 g/mol. The van der Waals surface area contributed by atoms with Crippen LogP contribution < -0.4 is 0 Å². The van der Waals surface area contributed by atoms with Gasteiger partial charge < -0.3 is 10.2 Å². The van der Waals surface area contributed by atoms with Crippen LogP contribution in [0.4, 0.5) is 0 Å². The van der Waals surface area contributed by atoms with Crippen LogP contribution in [-0.4, -0.2) is 15.2 Å². The van der Waals surface area contributed by atoms with E-state index in [1.807, 2.05) is 0 Å². The van der Waals surface area contributed by atoms with Crippen molar-refractivity contribution in [2.45, 2.75) is 13.2 Å². The Balaban J connectivity index is 2.80. The molecule has 3 nitrogen and oxygen atoms in total. The van der Waals surface area contributed by atoms with Crippen molar-refractivity contribution in [3.63, 3.8) is 0 Å². The predicted octanol–water partition coefficient (Wildman–Crippen LogP) is 0.0662. The van der Waals surface area contributed by atoms with Crippen molar-refractivity contribution in [3.8, 4) is 0 Å². The van der Waals surface area contributed by atoms with E-state index in [0.29, 0.717) is 5.69 Å². The van der Waals surface area contributed by atoms with Gasteiger partial charge in [0.1, 0.15) is 0 Å². The number of aliphatic hydroxyl groups excluding tert-OH is 2. The Kier molecular flexibility index (Phi) is 2.36. The topological polar surface area (TPSA) is 53.4 Å². The summed E-state index contributed by atoms with van der Waals surface area (Å²) in [6, 6.07) is 3.42. The third kappa shape index (κ3) is 1.52. The molecule has 0 saturated carbocycles. The van der Waals surface area contributed by atoms with E-state index in [0.717, 1.165) is 5.56 Å². The number of nitrogens with zero attached hydrogens (tertiary/aromatic N) is 1. The number of hydrogen-bond acceptors (Lipinski definition) is 3. The molecular formula is C7H9NO2. The maximum absolute atomic E-state index is 8.60. The summed E-state index contributed by atoms with van der Waals surface area (Å²) in [5.74, 6) is 0. The first kappa shape index (κ1) is 7.18. The fourth-order valence-electron chi connectivity index (χ4n) is 0.642. The van der Waals surface area contributed by atoms with Crippen molar-refractivity contribution in [1.29, 1.82) is 0 Å². The van der Waals surface area contributed by atoms with Crippen LogP contribution in [0.5, 0.6) is 0 Å². The first-order valence-electron chi connectivity index (χ1n) is 3.02. The van der Waals surface area contributed by atoms with Crippen LogP contribution in [0, 0.1) is 0 Å². The molecule has 1 aromatic rings. The van der Waals surface area contributed by atoms with Gasteiger partial charge in [0.2, 0.25) is 0 Å². The lowest BCUT2D eigenvalue weighted by Crippen LogP contribution is -1.90. The number of aliphatic hydroxyl groups is 2. The van der Waals surface area contributed by atoms with Gasteiger partial charge >= 0.3 is 0 Å². The number of hydrogen-bond donors (Lipinski definition) is 2. The molecule has 0 aliphatic rings. The highest BCUT2D eigenvalue weighted by molar-refractivity contribution is 5.12. The van der Waals surface area contributed by atoms with Crippen LogP contribution >= 0.6 is 0 Å². The number of aromatic nitrogens is 1. The molecule has 3 heteroatoms. The van der Waals surface area contributed by atoms with Gasteiger partial charge in [-0.05, 0) is 11.6 Å². The highest BCUT2D eigenvalue weighted by Crippen LogP contribution is 1.98. The van der Waals surface area contributed by atoms with Crippen molar-refractivity contribution in [3.05, 3.63) is 29.6 Å². The second kappa shape index (κ2) is 3.29. The van der Waals surface area contributed by atoms with Gasteiger partial charge in [-0.25, -0.2) is 0 Å². The summed E-state index contributed by atoms with van der Waals surface area (Å²) in [5.41, 5.74) is 1.38. The molecule has 0 spiro atoms. The second-order valence-corrected chi connectivity index (χ2v) is 1.97. The fourth-order valence-corrected chi connectivity index (χ4v) is 0.642. The van der Waals surface area contributed by atoms with Gasteiger partial charge in [-0.1, -0.05) is 6.07 Å². The van der Waals surface area contributed by atoms with Crippen LogP contribution in [0.3, 0.4) is 0 Å². The summed E-state index contributed by atoms with van der Waals surface area (Å²) in [7, 11) is 0. The predicted molar refractivity (Wildman–Crippen MR) is 36.1 cm³/mol. The first-order chi connectivity index (χ1) is 4.86. The summed E-state index contributed by atoms with van der Waals surface area (Å²) in [5, 5.41) is 17.2. The van der Waals surface area contributed by atoms with Crippen molar-refractivity contribution in [2.24, 2.45) is 0 Å². The fraction of sp³-hybridized carbons (Fsp3) is 0.286. The minimum atomic E-state index is -0.0499. The lowest BCUT2D eigenvalue weighted by atomic mass is 10.3. The van der Waals surface area contributed by atoms with E-state index in [-0.39, 0.29) is 13.2 Å². The smallest absolute Gasteiger partial charge is 0.0852 e. The van der Waals surface area contributed by atoms with E-state index < -0.39 is 0 Å². The van der Waals surface area contributed by atoms with E-state index in [9.17, 15) is 0 Å². The molecule has 0 amide bonds. The van der Waals surface area contributed by atoms with Crippen LogP contribution in [0.25, 0.3) is 0 Å². The molecule has 0 atom stereocenters. The standard InChI is InChI=1S/C7H9NO2/c9-4-6-1-2-7(5-10)8-3-6/h1-3,9-10H,4-5H2. The van der Waals surface area contributed by atoms with Gasteiger partial charge in [-0.2, -0.15) is 0 Å².